The molecule has 0 aliphatic heterocycles. The molecule has 0 amide bonds. The normalized spacial score (nSPS) is 11.6. The number of furan rings is 1. The van der Waals surface area contributed by atoms with Crippen LogP contribution in [0.3, 0.4) is 0 Å². The first kappa shape index (κ1) is 31.2. The van der Waals surface area contributed by atoms with E-state index in [-0.39, 0.29) is 0 Å². The highest BCUT2D eigenvalue weighted by molar-refractivity contribution is 6.10. The van der Waals surface area contributed by atoms with Crippen molar-refractivity contribution in [2.75, 3.05) is 4.90 Å². The molecule has 3 nitrogen and oxygen atoms in total. The summed E-state index contributed by atoms with van der Waals surface area (Å²) < 4.78 is 8.81. The zero-order valence-corrected chi connectivity index (χ0v) is 29.9. The van der Waals surface area contributed by atoms with Gasteiger partial charge in [-0.2, -0.15) is 0 Å². The predicted octanol–water partition coefficient (Wildman–Crippen LogP) is 14.6. The Kier molecular flexibility index (Phi) is 7.17. The minimum Gasteiger partial charge on any atom is -0.456 e. The van der Waals surface area contributed by atoms with Crippen molar-refractivity contribution in [2.24, 2.45) is 0 Å². The zero-order valence-electron chi connectivity index (χ0n) is 29.9. The van der Waals surface area contributed by atoms with Crippen molar-refractivity contribution in [3.63, 3.8) is 0 Å². The number of aromatic nitrogens is 1. The van der Waals surface area contributed by atoms with Gasteiger partial charge in [-0.05, 0) is 81.7 Å². The van der Waals surface area contributed by atoms with Gasteiger partial charge in [0.25, 0.3) is 0 Å². The van der Waals surface area contributed by atoms with Gasteiger partial charge in [0.2, 0.25) is 0 Å². The first-order valence-corrected chi connectivity index (χ1v) is 18.8. The van der Waals surface area contributed by atoms with Crippen molar-refractivity contribution in [1.82, 2.24) is 4.40 Å². The molecule has 55 heavy (non-hydrogen) atoms. The average Bonchev–Trinajstić information content (AvgIpc) is 3.79. The molecule has 0 spiro atoms. The van der Waals surface area contributed by atoms with Gasteiger partial charge in [0.05, 0.1) is 16.7 Å². The van der Waals surface area contributed by atoms with Gasteiger partial charge in [0.1, 0.15) is 11.2 Å². The number of anilines is 3. The molecule has 11 rings (SSSR count). The Bertz CT molecular complexity index is 3180. The second kappa shape index (κ2) is 12.6. The summed E-state index contributed by atoms with van der Waals surface area (Å²) in [6.45, 7) is 0. The van der Waals surface area contributed by atoms with E-state index in [0.29, 0.717) is 0 Å². The Morgan fingerprint density at radius 1 is 0.364 bits per heavy atom. The van der Waals surface area contributed by atoms with E-state index >= 15 is 0 Å². The molecule has 11 aromatic rings. The van der Waals surface area contributed by atoms with E-state index in [1.165, 1.54) is 55.2 Å². The second-order valence-corrected chi connectivity index (χ2v) is 14.2. The Hall–Kier alpha value is -7.36. The number of rotatable bonds is 6. The molecule has 0 bridgehead atoms. The van der Waals surface area contributed by atoms with E-state index in [4.69, 9.17) is 4.42 Å². The van der Waals surface area contributed by atoms with Crippen molar-refractivity contribution < 1.29 is 4.42 Å². The summed E-state index contributed by atoms with van der Waals surface area (Å²) in [7, 11) is 0. The molecule has 0 atom stereocenters. The number of fused-ring (bicyclic) bond motifs is 7. The third-order valence-electron chi connectivity index (χ3n) is 11.0. The van der Waals surface area contributed by atoms with E-state index in [9.17, 15) is 0 Å². The number of pyridine rings is 1. The van der Waals surface area contributed by atoms with E-state index < -0.39 is 0 Å². The number of hydrogen-bond donors (Lipinski definition) is 0. The first-order chi connectivity index (χ1) is 27.3. The van der Waals surface area contributed by atoms with Crippen molar-refractivity contribution in [3.8, 4) is 33.4 Å². The SMILES string of the molecule is c1ccc(-c2ccc(-c3ccc(N(c4ccc5c(c4)oc4ccccc45)c4cccc5cc6c(-c7ccccc7)c7ccccc7n6cc45)cc3)cc2)cc1. The van der Waals surface area contributed by atoms with Gasteiger partial charge in [0.15, 0.2) is 0 Å². The smallest absolute Gasteiger partial charge is 0.137 e. The lowest BCUT2D eigenvalue weighted by Crippen LogP contribution is -2.10. The maximum Gasteiger partial charge on any atom is 0.137 e. The maximum atomic E-state index is 6.44. The predicted molar refractivity (Wildman–Crippen MR) is 231 cm³/mol. The van der Waals surface area contributed by atoms with E-state index in [2.05, 4.69) is 204 Å². The van der Waals surface area contributed by atoms with Gasteiger partial charge >= 0.3 is 0 Å². The zero-order chi connectivity index (χ0) is 36.3. The number of benzene rings is 8. The monoisotopic (exact) mass is 702 g/mol. The van der Waals surface area contributed by atoms with Crippen LogP contribution >= 0.6 is 0 Å². The second-order valence-electron chi connectivity index (χ2n) is 14.2. The van der Waals surface area contributed by atoms with Crippen molar-refractivity contribution in [3.05, 3.63) is 206 Å². The molecule has 0 unspecified atom stereocenters. The maximum absolute atomic E-state index is 6.44. The van der Waals surface area contributed by atoms with Crippen molar-refractivity contribution >= 4 is 66.2 Å². The topological polar surface area (TPSA) is 20.8 Å². The molecule has 0 aliphatic carbocycles. The lowest BCUT2D eigenvalue weighted by molar-refractivity contribution is 0.669. The van der Waals surface area contributed by atoms with Crippen LogP contribution in [0.2, 0.25) is 0 Å². The summed E-state index contributed by atoms with van der Waals surface area (Å²) >= 11 is 0. The summed E-state index contributed by atoms with van der Waals surface area (Å²) in [6, 6.07) is 71.6. The molecule has 0 saturated carbocycles. The third kappa shape index (κ3) is 5.20. The van der Waals surface area contributed by atoms with Gasteiger partial charge in [-0.25, -0.2) is 0 Å². The standard InChI is InChI=1S/C52H34N2O/c1-3-12-35(13-4-1)36-22-24-37(25-23-36)38-26-28-41(29-27-38)54(42-30-31-44-43-17-8-10-21-50(43)55-51(44)33-42)48-20-11-16-40-32-49-52(39-14-5-2-6-15-39)45-18-7-9-19-47(45)53(49)34-46(40)48/h1-34H. The summed E-state index contributed by atoms with van der Waals surface area (Å²) in [5, 5.41) is 5.81. The minimum absolute atomic E-state index is 0.866. The number of para-hydroxylation sites is 2. The number of nitrogens with zero attached hydrogens (tertiary/aromatic N) is 2. The van der Waals surface area contributed by atoms with Crippen LogP contribution in [0, 0.1) is 0 Å². The Morgan fingerprint density at radius 3 is 1.69 bits per heavy atom. The fraction of sp³-hybridized carbons (Fsp3) is 0. The van der Waals surface area contributed by atoms with E-state index in [1.807, 2.05) is 12.1 Å². The molecule has 8 aromatic carbocycles. The summed E-state index contributed by atoms with van der Waals surface area (Å²) in [5.74, 6) is 0. The average molecular weight is 703 g/mol. The van der Waals surface area contributed by atoms with Crippen LogP contribution in [-0.2, 0) is 0 Å². The molecule has 3 heterocycles. The van der Waals surface area contributed by atoms with Gasteiger partial charge in [-0.1, -0.05) is 146 Å². The quantitative estimate of drug-likeness (QED) is 0.172. The van der Waals surface area contributed by atoms with Crippen LogP contribution < -0.4 is 4.90 Å². The summed E-state index contributed by atoms with van der Waals surface area (Å²) in [5.41, 5.74) is 14.6. The third-order valence-corrected chi connectivity index (χ3v) is 11.0. The summed E-state index contributed by atoms with van der Waals surface area (Å²) in [4.78, 5) is 2.37. The van der Waals surface area contributed by atoms with Crippen molar-refractivity contribution in [2.45, 2.75) is 0 Å². The molecular formula is C52H34N2O. The fourth-order valence-electron chi connectivity index (χ4n) is 8.35. The number of hydrogen-bond acceptors (Lipinski definition) is 2. The van der Waals surface area contributed by atoms with Crippen molar-refractivity contribution in [1.29, 1.82) is 0 Å². The van der Waals surface area contributed by atoms with Gasteiger partial charge < -0.3 is 13.7 Å². The minimum atomic E-state index is 0.866. The lowest BCUT2D eigenvalue weighted by atomic mass is 10.00. The largest absolute Gasteiger partial charge is 0.456 e. The Morgan fingerprint density at radius 2 is 0.945 bits per heavy atom. The fourth-order valence-corrected chi connectivity index (χ4v) is 8.35. The molecule has 0 radical (unpaired) electrons. The first-order valence-electron chi connectivity index (χ1n) is 18.8. The molecule has 0 N–H and O–H groups in total. The molecule has 0 saturated heterocycles. The van der Waals surface area contributed by atoms with Gasteiger partial charge in [0, 0.05) is 50.7 Å². The lowest BCUT2D eigenvalue weighted by Gasteiger charge is -2.27. The highest BCUT2D eigenvalue weighted by Crippen LogP contribution is 2.44. The Balaban J connectivity index is 1.09. The van der Waals surface area contributed by atoms with Crippen LogP contribution in [-0.4, -0.2) is 4.40 Å². The molecule has 3 heteroatoms. The molecule has 0 fully saturated rings. The van der Waals surface area contributed by atoms with E-state index in [1.54, 1.807) is 0 Å². The highest BCUT2D eigenvalue weighted by Gasteiger charge is 2.20. The highest BCUT2D eigenvalue weighted by atomic mass is 16.3. The molecule has 3 aromatic heterocycles. The van der Waals surface area contributed by atoms with Gasteiger partial charge in [-0.3, -0.25) is 0 Å². The van der Waals surface area contributed by atoms with Crippen LogP contribution in [0.25, 0.3) is 82.5 Å². The van der Waals surface area contributed by atoms with E-state index in [0.717, 1.165) is 44.4 Å². The van der Waals surface area contributed by atoms with Crippen LogP contribution in [0.1, 0.15) is 0 Å². The van der Waals surface area contributed by atoms with Crippen LogP contribution in [0.5, 0.6) is 0 Å². The van der Waals surface area contributed by atoms with Gasteiger partial charge in [-0.15, -0.1) is 0 Å². The molecule has 0 aliphatic rings. The van der Waals surface area contributed by atoms with Crippen LogP contribution in [0.4, 0.5) is 17.1 Å². The molecule has 258 valence electrons. The summed E-state index contributed by atoms with van der Waals surface area (Å²) in [6.07, 6.45) is 2.32. The Labute approximate surface area is 318 Å². The van der Waals surface area contributed by atoms with Crippen LogP contribution in [0.15, 0.2) is 211 Å². The molecular weight excluding hydrogens is 669 g/mol.